The zero-order valence-corrected chi connectivity index (χ0v) is 14.0. The Kier molecular flexibility index (Phi) is 4.89. The number of benzene rings is 2. The number of methoxy groups -OCH3 is 1. The van der Waals surface area contributed by atoms with Crippen molar-refractivity contribution in [2.24, 2.45) is 0 Å². The predicted octanol–water partition coefficient (Wildman–Crippen LogP) is 3.77. The maximum Gasteiger partial charge on any atom is 0.339 e. The number of nitrogens with zero attached hydrogens (tertiary/aromatic N) is 3. The summed E-state index contributed by atoms with van der Waals surface area (Å²) in [6.07, 6.45) is 1.67. The molecule has 1 aromatic heterocycles. The van der Waals surface area contributed by atoms with Crippen LogP contribution in [0.2, 0.25) is 0 Å². The fourth-order valence-corrected chi connectivity index (χ4v) is 2.38. The summed E-state index contributed by atoms with van der Waals surface area (Å²) in [5, 5.41) is 3.08. The standard InChI is InChI=1S/C19H18N4O2/c1-23(14-8-4-3-5-9-14)17-12-13-20-19(22-17)21-16-11-7-6-10-15(16)18(24)25-2/h3-13H,1-2H3,(H,20,21,22). The van der Waals surface area contributed by atoms with E-state index in [4.69, 9.17) is 4.74 Å². The third-order valence-corrected chi connectivity index (χ3v) is 3.71. The number of hydrogen-bond acceptors (Lipinski definition) is 6. The number of carbonyl (C=O) groups is 1. The van der Waals surface area contributed by atoms with Crippen LogP contribution in [0.25, 0.3) is 0 Å². The lowest BCUT2D eigenvalue weighted by Gasteiger charge is -2.18. The number of rotatable bonds is 5. The number of ether oxygens (including phenoxy) is 1. The van der Waals surface area contributed by atoms with Crippen LogP contribution in [0.5, 0.6) is 0 Å². The van der Waals surface area contributed by atoms with Gasteiger partial charge in [0.15, 0.2) is 0 Å². The molecule has 0 aliphatic heterocycles. The van der Waals surface area contributed by atoms with Gasteiger partial charge in [0.05, 0.1) is 18.4 Å². The minimum atomic E-state index is -0.416. The second kappa shape index (κ2) is 7.44. The molecule has 0 spiro atoms. The van der Waals surface area contributed by atoms with E-state index in [1.54, 1.807) is 24.4 Å². The van der Waals surface area contributed by atoms with Crippen molar-refractivity contribution in [2.45, 2.75) is 0 Å². The van der Waals surface area contributed by atoms with Gasteiger partial charge in [-0.2, -0.15) is 4.98 Å². The van der Waals surface area contributed by atoms with Gasteiger partial charge in [-0.15, -0.1) is 0 Å². The molecule has 0 aliphatic carbocycles. The van der Waals surface area contributed by atoms with Crippen molar-refractivity contribution < 1.29 is 9.53 Å². The first kappa shape index (κ1) is 16.4. The van der Waals surface area contributed by atoms with Gasteiger partial charge < -0.3 is 15.0 Å². The number of nitrogens with one attached hydrogen (secondary N) is 1. The van der Waals surface area contributed by atoms with Crippen molar-refractivity contribution in [3.8, 4) is 0 Å². The lowest BCUT2D eigenvalue weighted by Crippen LogP contribution is -2.12. The van der Waals surface area contributed by atoms with Gasteiger partial charge in [0.2, 0.25) is 5.95 Å². The summed E-state index contributed by atoms with van der Waals surface area (Å²) in [7, 11) is 3.29. The number of anilines is 4. The Labute approximate surface area is 146 Å². The average Bonchev–Trinajstić information content (AvgIpc) is 2.68. The van der Waals surface area contributed by atoms with E-state index in [1.807, 2.05) is 54.4 Å². The van der Waals surface area contributed by atoms with Gasteiger partial charge in [-0.3, -0.25) is 0 Å². The van der Waals surface area contributed by atoms with E-state index in [1.165, 1.54) is 7.11 Å². The van der Waals surface area contributed by atoms with Gasteiger partial charge in [-0.1, -0.05) is 30.3 Å². The molecule has 0 amide bonds. The van der Waals surface area contributed by atoms with Crippen LogP contribution in [0.15, 0.2) is 66.9 Å². The minimum Gasteiger partial charge on any atom is -0.465 e. The minimum absolute atomic E-state index is 0.400. The molecule has 126 valence electrons. The normalized spacial score (nSPS) is 10.2. The quantitative estimate of drug-likeness (QED) is 0.716. The summed E-state index contributed by atoms with van der Waals surface area (Å²) >= 11 is 0. The summed E-state index contributed by atoms with van der Waals surface area (Å²) in [5.41, 5.74) is 2.03. The Balaban J connectivity index is 1.87. The van der Waals surface area contributed by atoms with Crippen LogP contribution in [-0.2, 0) is 4.74 Å². The highest BCUT2D eigenvalue weighted by atomic mass is 16.5. The lowest BCUT2D eigenvalue weighted by molar-refractivity contribution is 0.0602. The molecule has 2 aromatic carbocycles. The second-order valence-corrected chi connectivity index (χ2v) is 5.30. The number of esters is 1. The molecular formula is C19H18N4O2. The Morgan fingerprint density at radius 2 is 1.76 bits per heavy atom. The SMILES string of the molecule is COC(=O)c1ccccc1Nc1nccc(N(C)c2ccccc2)n1. The van der Waals surface area contributed by atoms with Crippen molar-refractivity contribution >= 4 is 29.1 Å². The van der Waals surface area contributed by atoms with Crippen molar-refractivity contribution in [3.63, 3.8) is 0 Å². The van der Waals surface area contributed by atoms with E-state index in [9.17, 15) is 4.79 Å². The molecule has 0 saturated heterocycles. The Bertz CT molecular complexity index is 868. The third kappa shape index (κ3) is 3.74. The molecule has 0 bridgehead atoms. The van der Waals surface area contributed by atoms with Crippen molar-refractivity contribution in [2.75, 3.05) is 24.4 Å². The van der Waals surface area contributed by atoms with Crippen LogP contribution in [0.3, 0.4) is 0 Å². The van der Waals surface area contributed by atoms with E-state index >= 15 is 0 Å². The zero-order valence-electron chi connectivity index (χ0n) is 14.0. The molecule has 0 fully saturated rings. The molecule has 0 aliphatic rings. The van der Waals surface area contributed by atoms with Crippen LogP contribution >= 0.6 is 0 Å². The molecule has 1 heterocycles. The molecule has 25 heavy (non-hydrogen) atoms. The topological polar surface area (TPSA) is 67.3 Å². The second-order valence-electron chi connectivity index (χ2n) is 5.30. The number of para-hydroxylation sites is 2. The van der Waals surface area contributed by atoms with Crippen molar-refractivity contribution in [1.29, 1.82) is 0 Å². The molecule has 6 nitrogen and oxygen atoms in total. The smallest absolute Gasteiger partial charge is 0.339 e. The maximum absolute atomic E-state index is 11.9. The first-order chi connectivity index (χ1) is 12.2. The summed E-state index contributed by atoms with van der Waals surface area (Å²) in [4.78, 5) is 22.6. The Hall–Kier alpha value is -3.41. The average molecular weight is 334 g/mol. The molecule has 0 unspecified atom stereocenters. The lowest BCUT2D eigenvalue weighted by atomic mass is 10.2. The van der Waals surface area contributed by atoms with Crippen molar-refractivity contribution in [1.82, 2.24) is 9.97 Å². The first-order valence-electron chi connectivity index (χ1n) is 7.75. The predicted molar refractivity (Wildman–Crippen MR) is 97.6 cm³/mol. The van der Waals surface area contributed by atoms with E-state index in [0.29, 0.717) is 17.2 Å². The first-order valence-corrected chi connectivity index (χ1v) is 7.75. The molecule has 0 radical (unpaired) electrons. The summed E-state index contributed by atoms with van der Waals surface area (Å²) in [6, 6.07) is 18.8. The molecule has 3 aromatic rings. The summed E-state index contributed by atoms with van der Waals surface area (Å²) in [6.45, 7) is 0. The van der Waals surface area contributed by atoms with Gasteiger partial charge in [0.1, 0.15) is 5.82 Å². The van der Waals surface area contributed by atoms with Crippen LogP contribution in [0.4, 0.5) is 23.1 Å². The molecule has 0 saturated carbocycles. The monoisotopic (exact) mass is 334 g/mol. The summed E-state index contributed by atoms with van der Waals surface area (Å²) < 4.78 is 4.81. The van der Waals surface area contributed by atoms with Crippen molar-refractivity contribution in [3.05, 3.63) is 72.4 Å². The number of aromatic nitrogens is 2. The highest BCUT2D eigenvalue weighted by molar-refractivity contribution is 5.96. The van der Waals surface area contributed by atoms with Gasteiger partial charge in [0, 0.05) is 18.9 Å². The number of carbonyl (C=O) groups excluding carboxylic acids is 1. The summed E-state index contributed by atoms with van der Waals surface area (Å²) in [5.74, 6) is 0.719. The third-order valence-electron chi connectivity index (χ3n) is 3.71. The molecule has 1 N–H and O–H groups in total. The maximum atomic E-state index is 11.9. The largest absolute Gasteiger partial charge is 0.465 e. The highest BCUT2D eigenvalue weighted by Gasteiger charge is 2.13. The molecule has 0 atom stereocenters. The van der Waals surface area contributed by atoms with Crippen LogP contribution in [0.1, 0.15) is 10.4 Å². The fourth-order valence-electron chi connectivity index (χ4n) is 2.38. The van der Waals surface area contributed by atoms with Gasteiger partial charge in [-0.25, -0.2) is 9.78 Å². The molecule has 6 heteroatoms. The van der Waals surface area contributed by atoms with Gasteiger partial charge in [0.25, 0.3) is 0 Å². The van der Waals surface area contributed by atoms with Crippen LogP contribution in [-0.4, -0.2) is 30.1 Å². The van der Waals surface area contributed by atoms with Gasteiger partial charge in [-0.05, 0) is 30.3 Å². The number of hydrogen-bond donors (Lipinski definition) is 1. The van der Waals surface area contributed by atoms with E-state index in [0.717, 1.165) is 11.5 Å². The van der Waals surface area contributed by atoms with E-state index < -0.39 is 5.97 Å². The highest BCUT2D eigenvalue weighted by Crippen LogP contribution is 2.24. The Morgan fingerprint density at radius 1 is 1.04 bits per heavy atom. The van der Waals surface area contributed by atoms with Crippen LogP contribution in [0, 0.1) is 0 Å². The van der Waals surface area contributed by atoms with E-state index in [2.05, 4.69) is 15.3 Å². The fraction of sp³-hybridized carbons (Fsp3) is 0.105. The van der Waals surface area contributed by atoms with E-state index in [-0.39, 0.29) is 0 Å². The molecule has 3 rings (SSSR count). The zero-order chi connectivity index (χ0) is 17.6. The van der Waals surface area contributed by atoms with Gasteiger partial charge >= 0.3 is 5.97 Å². The molecular weight excluding hydrogens is 316 g/mol. The Morgan fingerprint density at radius 3 is 2.52 bits per heavy atom. The van der Waals surface area contributed by atoms with Crippen LogP contribution < -0.4 is 10.2 Å².